The summed E-state index contributed by atoms with van der Waals surface area (Å²) < 4.78 is 70.1. The van der Waals surface area contributed by atoms with Crippen LogP contribution in [0, 0.1) is 22.0 Å². The fourth-order valence-corrected chi connectivity index (χ4v) is 3.68. The Morgan fingerprint density at radius 2 is 2.00 bits per heavy atom. The number of esters is 1. The molecule has 0 aliphatic carbocycles. The molecule has 0 atom stereocenters. The molecular formula is C18H20F3N3O6S. The van der Waals surface area contributed by atoms with Crippen molar-refractivity contribution < 1.29 is 36.0 Å². The maximum absolute atomic E-state index is 13.1. The fourth-order valence-electron chi connectivity index (χ4n) is 2.17. The van der Waals surface area contributed by atoms with E-state index in [1.54, 1.807) is 12.8 Å². The number of rotatable bonds is 9. The van der Waals surface area contributed by atoms with Crippen LogP contribution in [0.15, 0.2) is 40.8 Å². The van der Waals surface area contributed by atoms with Gasteiger partial charge in [-0.05, 0) is 12.5 Å². The molecule has 0 unspecified atom stereocenters. The number of hydrogen-bond acceptors (Lipinski definition) is 7. The lowest BCUT2D eigenvalue weighted by molar-refractivity contribution is -0.387. The van der Waals surface area contributed by atoms with Gasteiger partial charge in [0.25, 0.3) is 15.7 Å². The van der Waals surface area contributed by atoms with E-state index in [2.05, 4.69) is 4.74 Å². The van der Waals surface area contributed by atoms with Gasteiger partial charge in [-0.15, -0.1) is 0 Å². The van der Waals surface area contributed by atoms with Crippen LogP contribution in [0.3, 0.4) is 0 Å². The Bertz CT molecular complexity index is 997. The summed E-state index contributed by atoms with van der Waals surface area (Å²) in [5.41, 5.74) is 3.15. The molecule has 9 nitrogen and oxygen atoms in total. The van der Waals surface area contributed by atoms with Gasteiger partial charge in [-0.1, -0.05) is 30.9 Å². The number of carbonyl (C=O) groups excluding carboxylic acids is 1. The van der Waals surface area contributed by atoms with Crippen molar-refractivity contribution in [2.75, 3.05) is 26.2 Å². The SMILES string of the molecule is CCCOC(=O)/C=C(\C#CCN(CCN)S(=O)(=O)c1ccccc1[N+](=O)[O-])C(F)(F)F. The number of nitrogens with two attached hydrogens (primary N) is 1. The molecule has 0 heterocycles. The molecule has 170 valence electrons. The van der Waals surface area contributed by atoms with Crippen molar-refractivity contribution in [1.29, 1.82) is 0 Å². The second kappa shape index (κ2) is 11.4. The van der Waals surface area contributed by atoms with Crippen LogP contribution in [-0.4, -0.2) is 56.0 Å². The Morgan fingerprint density at radius 1 is 1.35 bits per heavy atom. The quantitative estimate of drug-likeness (QED) is 0.195. The molecule has 31 heavy (non-hydrogen) atoms. The third kappa shape index (κ3) is 7.67. The molecule has 0 aliphatic rings. The molecule has 0 saturated carbocycles. The van der Waals surface area contributed by atoms with Gasteiger partial charge in [-0.3, -0.25) is 10.1 Å². The Balaban J connectivity index is 3.25. The van der Waals surface area contributed by atoms with Gasteiger partial charge in [0, 0.05) is 25.2 Å². The van der Waals surface area contributed by atoms with Gasteiger partial charge in [0.1, 0.15) is 5.57 Å². The van der Waals surface area contributed by atoms with E-state index in [0.717, 1.165) is 12.1 Å². The number of carbonyl (C=O) groups is 1. The number of hydrogen-bond donors (Lipinski definition) is 1. The van der Waals surface area contributed by atoms with Crippen LogP contribution in [0.1, 0.15) is 13.3 Å². The van der Waals surface area contributed by atoms with Gasteiger partial charge >= 0.3 is 12.1 Å². The Morgan fingerprint density at radius 3 is 2.55 bits per heavy atom. The van der Waals surface area contributed by atoms with Crippen molar-refractivity contribution in [3.8, 4) is 11.8 Å². The molecule has 1 aromatic carbocycles. The number of nitro groups is 1. The molecule has 0 saturated heterocycles. The summed E-state index contributed by atoms with van der Waals surface area (Å²) in [6.45, 7) is 0.264. The third-order valence-electron chi connectivity index (χ3n) is 3.55. The number of alkyl halides is 3. The van der Waals surface area contributed by atoms with Crippen molar-refractivity contribution in [1.82, 2.24) is 4.31 Å². The minimum atomic E-state index is -4.98. The van der Waals surface area contributed by atoms with E-state index in [1.165, 1.54) is 12.1 Å². The third-order valence-corrected chi connectivity index (χ3v) is 5.45. The molecule has 0 bridgehead atoms. The topological polar surface area (TPSA) is 133 Å². The first-order valence-electron chi connectivity index (χ1n) is 8.83. The molecular weight excluding hydrogens is 443 g/mol. The number of halogens is 3. The molecule has 0 amide bonds. The van der Waals surface area contributed by atoms with E-state index in [-0.39, 0.29) is 25.8 Å². The molecule has 0 aromatic heterocycles. The average molecular weight is 463 g/mol. The van der Waals surface area contributed by atoms with E-state index in [9.17, 15) is 36.5 Å². The number of benzene rings is 1. The van der Waals surface area contributed by atoms with Crippen molar-refractivity contribution >= 4 is 21.7 Å². The van der Waals surface area contributed by atoms with Crippen molar-refractivity contribution in [2.24, 2.45) is 5.73 Å². The highest BCUT2D eigenvalue weighted by Crippen LogP contribution is 2.27. The lowest BCUT2D eigenvalue weighted by Gasteiger charge is -2.19. The molecule has 1 rings (SSSR count). The molecule has 0 radical (unpaired) electrons. The number of nitro benzene ring substituents is 1. The minimum absolute atomic E-state index is 0.0771. The van der Waals surface area contributed by atoms with E-state index in [0.29, 0.717) is 10.7 Å². The second-order valence-corrected chi connectivity index (χ2v) is 7.78. The van der Waals surface area contributed by atoms with E-state index in [4.69, 9.17) is 5.73 Å². The largest absolute Gasteiger partial charge is 0.463 e. The smallest absolute Gasteiger partial charge is 0.424 e. The van der Waals surface area contributed by atoms with Crippen LogP contribution < -0.4 is 5.73 Å². The molecule has 0 spiro atoms. The number of nitrogens with zero attached hydrogens (tertiary/aromatic N) is 2. The highest BCUT2D eigenvalue weighted by atomic mass is 32.2. The highest BCUT2D eigenvalue weighted by Gasteiger charge is 2.34. The maximum atomic E-state index is 13.1. The number of sulfonamides is 1. The van der Waals surface area contributed by atoms with Crippen LogP contribution in [0.4, 0.5) is 18.9 Å². The van der Waals surface area contributed by atoms with Gasteiger partial charge < -0.3 is 10.5 Å². The van der Waals surface area contributed by atoms with Crippen LogP contribution >= 0.6 is 0 Å². The summed E-state index contributed by atoms with van der Waals surface area (Å²) in [7, 11) is -4.49. The average Bonchev–Trinajstić information content (AvgIpc) is 2.69. The standard InChI is InChI=1S/C18H20F3N3O6S/c1-2-12-30-17(25)13-14(18(19,20)21)6-5-10-23(11-9-22)31(28,29)16-8-4-3-7-15(16)24(26)27/h3-4,7-8,13H,2,9-12,22H2,1H3/b14-13+. The van der Waals surface area contributed by atoms with Gasteiger partial charge in [0.15, 0.2) is 4.90 Å². The van der Waals surface area contributed by atoms with Crippen LogP contribution in [0.2, 0.25) is 0 Å². The first kappa shape index (κ1) is 26.1. The summed E-state index contributed by atoms with van der Waals surface area (Å²) in [4.78, 5) is 21.0. The summed E-state index contributed by atoms with van der Waals surface area (Å²) >= 11 is 0. The highest BCUT2D eigenvalue weighted by molar-refractivity contribution is 7.89. The van der Waals surface area contributed by atoms with Gasteiger partial charge in [-0.2, -0.15) is 17.5 Å². The monoisotopic (exact) mass is 463 g/mol. The first-order chi connectivity index (χ1) is 14.4. The summed E-state index contributed by atoms with van der Waals surface area (Å²) in [6.07, 6.45) is -4.40. The normalized spacial score (nSPS) is 12.3. The molecule has 0 fully saturated rings. The Kier molecular flexibility index (Phi) is 9.63. The zero-order valence-electron chi connectivity index (χ0n) is 16.4. The predicted molar refractivity (Wildman–Crippen MR) is 104 cm³/mol. The van der Waals surface area contributed by atoms with E-state index in [1.807, 2.05) is 5.92 Å². The van der Waals surface area contributed by atoms with Crippen molar-refractivity contribution in [3.05, 3.63) is 46.0 Å². The Labute approximate surface area is 176 Å². The maximum Gasteiger partial charge on any atom is 0.424 e. The lowest BCUT2D eigenvalue weighted by Crippen LogP contribution is -2.36. The van der Waals surface area contributed by atoms with Gasteiger partial charge in [0.05, 0.1) is 18.1 Å². The summed E-state index contributed by atoms with van der Waals surface area (Å²) in [5, 5.41) is 11.1. The number of allylic oxidation sites excluding steroid dienone is 1. The molecule has 0 aliphatic heterocycles. The van der Waals surface area contributed by atoms with Crippen LogP contribution in [-0.2, 0) is 19.6 Å². The summed E-state index contributed by atoms with van der Waals surface area (Å²) in [5.74, 6) is 2.52. The summed E-state index contributed by atoms with van der Waals surface area (Å²) in [6, 6.07) is 4.50. The van der Waals surface area contributed by atoms with E-state index < -0.39 is 49.8 Å². The fraction of sp³-hybridized carbons (Fsp3) is 0.389. The van der Waals surface area contributed by atoms with Crippen LogP contribution in [0.25, 0.3) is 0 Å². The zero-order chi connectivity index (χ0) is 23.7. The zero-order valence-corrected chi connectivity index (χ0v) is 17.2. The first-order valence-corrected chi connectivity index (χ1v) is 10.3. The number of ether oxygens (including phenoxy) is 1. The lowest BCUT2D eigenvalue weighted by atomic mass is 10.2. The van der Waals surface area contributed by atoms with Crippen molar-refractivity contribution in [3.63, 3.8) is 0 Å². The molecule has 1 aromatic rings. The molecule has 13 heteroatoms. The van der Waals surface area contributed by atoms with Crippen LogP contribution in [0.5, 0.6) is 0 Å². The second-order valence-electron chi connectivity index (χ2n) is 5.88. The van der Waals surface area contributed by atoms with Crippen molar-refractivity contribution in [2.45, 2.75) is 24.4 Å². The predicted octanol–water partition coefficient (Wildman–Crippen LogP) is 1.99. The minimum Gasteiger partial charge on any atom is -0.463 e. The number of para-hydroxylation sites is 1. The van der Waals surface area contributed by atoms with E-state index >= 15 is 0 Å². The Hall–Kier alpha value is -2.95. The molecule has 2 N–H and O–H groups in total. The van der Waals surface area contributed by atoms with Gasteiger partial charge in [-0.25, -0.2) is 13.2 Å². The van der Waals surface area contributed by atoms with Gasteiger partial charge in [0.2, 0.25) is 0 Å².